The van der Waals surface area contributed by atoms with Gasteiger partial charge >= 0.3 is 11.9 Å². The molecule has 0 unspecified atom stereocenters. The van der Waals surface area contributed by atoms with Crippen LogP contribution >= 0.6 is 27.0 Å². The van der Waals surface area contributed by atoms with Gasteiger partial charge < -0.3 is 21.3 Å². The van der Waals surface area contributed by atoms with Gasteiger partial charge in [-0.1, -0.05) is 12.1 Å². The Kier molecular flexibility index (Phi) is 14.6. The van der Waals surface area contributed by atoms with E-state index in [0.29, 0.717) is 11.1 Å². The molecule has 6 nitrogen and oxygen atoms in total. The van der Waals surface area contributed by atoms with Crippen LogP contribution in [0.1, 0.15) is 11.1 Å². The molecule has 2 atom stereocenters. The van der Waals surface area contributed by atoms with E-state index in [1.165, 1.54) is 19.2 Å². The van der Waals surface area contributed by atoms with E-state index in [0.717, 1.165) is 24.3 Å². The zero-order chi connectivity index (χ0) is 22.1. The van der Waals surface area contributed by atoms with Crippen molar-refractivity contribution in [2.45, 2.75) is 24.9 Å². The first-order chi connectivity index (χ1) is 13.5. The highest BCUT2D eigenvalue weighted by molar-refractivity contribution is 7.59. The van der Waals surface area contributed by atoms with Gasteiger partial charge in [0.15, 0.2) is 23.3 Å². The fourth-order valence-electron chi connectivity index (χ4n) is 2.16. The molecule has 0 aromatic heterocycles. The lowest BCUT2D eigenvalue weighted by atomic mass is 10.1. The van der Waals surface area contributed by atoms with Crippen molar-refractivity contribution in [3.05, 3.63) is 70.8 Å². The zero-order valence-corrected chi connectivity index (χ0v) is 18.4. The summed E-state index contributed by atoms with van der Waals surface area (Å²) < 4.78 is 54.9. The van der Waals surface area contributed by atoms with Gasteiger partial charge in [0.2, 0.25) is 0 Å². The molecule has 0 aliphatic carbocycles. The number of hydrogen-bond donors (Lipinski definition) is 3. The third-order valence-corrected chi connectivity index (χ3v) is 3.70. The van der Waals surface area contributed by atoms with Crippen LogP contribution in [0.25, 0.3) is 0 Å². The Balaban J connectivity index is 0. The molecule has 0 aliphatic rings. The predicted octanol–water partition coefficient (Wildman–Crippen LogP) is 2.15. The normalized spacial score (nSPS) is 11.6. The second-order valence-electron chi connectivity index (χ2n) is 5.98. The molecule has 174 valence electrons. The number of hydrogen-bond acceptors (Lipinski definition) is 5. The van der Waals surface area contributed by atoms with E-state index in [2.05, 4.69) is 4.74 Å². The second-order valence-corrected chi connectivity index (χ2v) is 5.98. The van der Waals surface area contributed by atoms with Gasteiger partial charge in [0.05, 0.1) is 7.11 Å². The van der Waals surface area contributed by atoms with Gasteiger partial charge in [0, 0.05) is 0 Å². The van der Waals surface area contributed by atoms with Crippen molar-refractivity contribution >= 4 is 38.9 Å². The van der Waals surface area contributed by atoms with Gasteiger partial charge in [0.25, 0.3) is 0 Å². The summed E-state index contributed by atoms with van der Waals surface area (Å²) in [6, 6.07) is 4.62. The maximum atomic E-state index is 12.8. The maximum Gasteiger partial charge on any atom is 0.322 e. The number of nitrogens with two attached hydrogens (primary N) is 2. The van der Waals surface area contributed by atoms with E-state index < -0.39 is 47.3 Å². The molecule has 2 rings (SSSR count). The lowest BCUT2D eigenvalue weighted by molar-refractivity contribution is -0.142. The highest BCUT2D eigenvalue weighted by Gasteiger charge is 2.15. The summed E-state index contributed by atoms with van der Waals surface area (Å²) in [6.45, 7) is 0. The summed E-state index contributed by atoms with van der Waals surface area (Å²) in [6.07, 6.45) is 0.0937. The van der Waals surface area contributed by atoms with Crippen molar-refractivity contribution in [3.8, 4) is 0 Å². The van der Waals surface area contributed by atoms with Gasteiger partial charge in [-0.3, -0.25) is 9.59 Å². The molecule has 0 saturated heterocycles. The predicted molar refractivity (Wildman–Crippen MR) is 116 cm³/mol. The van der Waals surface area contributed by atoms with E-state index in [4.69, 9.17) is 16.6 Å². The van der Waals surface area contributed by atoms with Gasteiger partial charge in [-0.25, -0.2) is 17.6 Å². The van der Waals surface area contributed by atoms with Crippen molar-refractivity contribution < 1.29 is 37.0 Å². The average molecular weight is 485 g/mol. The molecule has 0 fully saturated rings. The van der Waals surface area contributed by atoms with E-state index >= 15 is 0 Å². The van der Waals surface area contributed by atoms with E-state index in [1.54, 1.807) is 0 Å². The molecule has 31 heavy (non-hydrogen) atoms. The summed E-state index contributed by atoms with van der Waals surface area (Å²) in [4.78, 5) is 21.3. The Morgan fingerprint density at radius 1 is 0.839 bits per heavy atom. The van der Waals surface area contributed by atoms with Gasteiger partial charge in [0.1, 0.15) is 12.1 Å². The summed E-state index contributed by atoms with van der Waals surface area (Å²) in [7, 11) is 1.22. The third-order valence-electron chi connectivity index (χ3n) is 3.70. The number of halogens is 4. The molecule has 2 aromatic carbocycles. The molecule has 0 heterocycles. The molecular formula is C19H24F4N2O4S2. The first kappa shape index (κ1) is 30.9. The molecule has 0 saturated carbocycles. The van der Waals surface area contributed by atoms with Crippen LogP contribution in [0.3, 0.4) is 0 Å². The Morgan fingerprint density at radius 3 is 1.55 bits per heavy atom. The molecule has 0 radical (unpaired) electrons. The topological polar surface area (TPSA) is 116 Å². The standard InChI is InChI=1S/C10H11F2NO2.C9H9F2NO2.2H2S/c1-15-10(14)9(13)5-6-2-3-7(11)8(12)4-6;10-6-2-1-5(3-7(6)11)4-8(12)9(13)14;;/h2-4,9H,5,13H2,1H3;1-3,8H,4,12H2,(H,13,14);2*1H2/t9-;8-;;/m00../s1. The molecule has 0 amide bonds. The number of rotatable bonds is 6. The van der Waals surface area contributed by atoms with E-state index in [-0.39, 0.29) is 39.8 Å². The fourth-order valence-corrected chi connectivity index (χ4v) is 2.16. The Hall–Kier alpha value is -2.28. The van der Waals surface area contributed by atoms with Crippen LogP contribution in [0.5, 0.6) is 0 Å². The van der Waals surface area contributed by atoms with Gasteiger partial charge in [-0.2, -0.15) is 27.0 Å². The van der Waals surface area contributed by atoms with Crippen LogP contribution in [-0.4, -0.2) is 36.2 Å². The van der Waals surface area contributed by atoms with Crippen molar-refractivity contribution in [2.75, 3.05) is 7.11 Å². The summed E-state index contributed by atoms with van der Waals surface area (Å²) >= 11 is 0. The third kappa shape index (κ3) is 10.5. The number of aliphatic carboxylic acids is 1. The Morgan fingerprint density at radius 2 is 1.23 bits per heavy atom. The SMILES string of the molecule is COC(=O)[C@@H](N)Cc1ccc(F)c(F)c1.N[C@@H](Cc1ccc(F)c(F)c1)C(=O)O.S.S. The average Bonchev–Trinajstić information content (AvgIpc) is 2.67. The minimum Gasteiger partial charge on any atom is -0.480 e. The molecule has 2 aromatic rings. The fraction of sp³-hybridized carbons (Fsp3) is 0.263. The Labute approximate surface area is 190 Å². The van der Waals surface area contributed by atoms with Crippen LogP contribution in [0.15, 0.2) is 36.4 Å². The molecule has 5 N–H and O–H groups in total. The Bertz CT molecular complexity index is 875. The largest absolute Gasteiger partial charge is 0.480 e. The van der Waals surface area contributed by atoms with Crippen LogP contribution in [-0.2, 0) is 27.2 Å². The maximum absolute atomic E-state index is 12.8. The van der Waals surface area contributed by atoms with Gasteiger partial charge in [-0.15, -0.1) is 0 Å². The van der Waals surface area contributed by atoms with Crippen molar-refractivity contribution in [1.29, 1.82) is 0 Å². The molecule has 12 heteroatoms. The summed E-state index contributed by atoms with van der Waals surface area (Å²) in [5.41, 5.74) is 11.5. The van der Waals surface area contributed by atoms with Crippen LogP contribution < -0.4 is 11.5 Å². The summed E-state index contributed by atoms with van der Waals surface area (Å²) in [5.74, 6) is -5.60. The number of methoxy groups -OCH3 is 1. The number of benzene rings is 2. The van der Waals surface area contributed by atoms with Crippen LogP contribution in [0.4, 0.5) is 17.6 Å². The first-order valence-electron chi connectivity index (χ1n) is 8.24. The lowest BCUT2D eigenvalue weighted by Gasteiger charge is -2.08. The minimum atomic E-state index is -1.17. The van der Waals surface area contributed by atoms with Crippen molar-refractivity contribution in [3.63, 3.8) is 0 Å². The molecule has 0 bridgehead atoms. The quantitative estimate of drug-likeness (QED) is 0.428. The first-order valence-corrected chi connectivity index (χ1v) is 8.24. The molecule has 0 spiro atoms. The minimum absolute atomic E-state index is 0. The van der Waals surface area contributed by atoms with E-state index in [9.17, 15) is 27.2 Å². The number of ether oxygens (including phenoxy) is 1. The number of carboxylic acid groups (broad SMARTS) is 1. The summed E-state index contributed by atoms with van der Waals surface area (Å²) in [5, 5.41) is 8.47. The highest BCUT2D eigenvalue weighted by Crippen LogP contribution is 2.11. The monoisotopic (exact) mass is 484 g/mol. The van der Waals surface area contributed by atoms with Gasteiger partial charge in [-0.05, 0) is 48.2 Å². The lowest BCUT2D eigenvalue weighted by Crippen LogP contribution is -2.33. The van der Waals surface area contributed by atoms with E-state index in [1.807, 2.05) is 0 Å². The zero-order valence-electron chi connectivity index (χ0n) is 16.4. The van der Waals surface area contributed by atoms with Crippen LogP contribution in [0, 0.1) is 23.3 Å². The smallest absolute Gasteiger partial charge is 0.322 e. The number of esters is 1. The number of carbonyl (C=O) groups is 2. The number of carboxylic acids is 1. The second kappa shape index (κ2) is 14.7. The molecule has 0 aliphatic heterocycles. The van der Waals surface area contributed by atoms with Crippen molar-refractivity contribution in [1.82, 2.24) is 0 Å². The molecular weight excluding hydrogens is 460 g/mol. The van der Waals surface area contributed by atoms with Crippen molar-refractivity contribution in [2.24, 2.45) is 11.5 Å². The number of carbonyl (C=O) groups excluding carboxylic acids is 1. The van der Waals surface area contributed by atoms with Crippen LogP contribution in [0.2, 0.25) is 0 Å². The highest BCUT2D eigenvalue weighted by atomic mass is 32.1.